The summed E-state index contributed by atoms with van der Waals surface area (Å²) in [6.45, 7) is 3.26. The molecule has 0 aliphatic carbocycles. The van der Waals surface area contributed by atoms with Crippen molar-refractivity contribution in [3.63, 3.8) is 0 Å². The molecular formula is C26H47B2N3O6S2. The van der Waals surface area contributed by atoms with E-state index in [0.717, 1.165) is 30.1 Å². The van der Waals surface area contributed by atoms with Gasteiger partial charge in [-0.2, -0.15) is 23.5 Å². The van der Waals surface area contributed by atoms with Crippen LogP contribution < -0.4 is 16.4 Å². The maximum atomic E-state index is 12.8. The molecule has 39 heavy (non-hydrogen) atoms. The molecule has 220 valence electrons. The second-order valence-electron chi connectivity index (χ2n) is 9.16. The van der Waals surface area contributed by atoms with Crippen LogP contribution in [0.4, 0.5) is 0 Å². The Morgan fingerprint density at radius 2 is 1.28 bits per heavy atom. The van der Waals surface area contributed by atoms with Gasteiger partial charge in [0.25, 0.3) is 0 Å². The molecule has 0 spiro atoms. The topological polar surface area (TPSA) is 137 Å². The summed E-state index contributed by atoms with van der Waals surface area (Å²) in [5.74, 6) is 2.77. The normalized spacial score (nSPS) is 12.6. The number of thioether (sulfide) groups is 2. The molecule has 2 amide bonds. The van der Waals surface area contributed by atoms with Crippen LogP contribution in [0.15, 0.2) is 0 Å². The van der Waals surface area contributed by atoms with Gasteiger partial charge in [-0.1, -0.05) is 25.5 Å². The molecule has 0 aliphatic heterocycles. The van der Waals surface area contributed by atoms with Gasteiger partial charge in [0, 0.05) is 56.4 Å². The average Bonchev–Trinajstić information content (AvgIpc) is 2.91. The van der Waals surface area contributed by atoms with E-state index < -0.39 is 6.04 Å². The zero-order valence-electron chi connectivity index (χ0n) is 23.6. The van der Waals surface area contributed by atoms with Gasteiger partial charge in [-0.25, -0.2) is 0 Å². The molecule has 0 aromatic rings. The number of ether oxygens (including phenoxy) is 2. The van der Waals surface area contributed by atoms with Crippen molar-refractivity contribution in [1.29, 1.82) is 0 Å². The van der Waals surface area contributed by atoms with Crippen molar-refractivity contribution in [3.8, 4) is 0 Å². The smallest absolute Gasteiger partial charge is 0.222 e. The number of rotatable bonds is 28. The lowest BCUT2D eigenvalue weighted by Gasteiger charge is -2.18. The van der Waals surface area contributed by atoms with Crippen molar-refractivity contribution in [1.82, 2.24) is 10.6 Å². The highest BCUT2D eigenvalue weighted by atomic mass is 32.2. The molecule has 0 heterocycles. The zero-order chi connectivity index (χ0) is 29.1. The summed E-state index contributed by atoms with van der Waals surface area (Å²) in [6, 6.07) is -0.497. The molecule has 9 nitrogen and oxygen atoms in total. The predicted molar refractivity (Wildman–Crippen MR) is 163 cm³/mol. The summed E-state index contributed by atoms with van der Waals surface area (Å²) < 4.78 is 11.0. The minimum atomic E-state index is -0.586. The fourth-order valence-corrected chi connectivity index (χ4v) is 5.25. The predicted octanol–water partition coefficient (Wildman–Crippen LogP) is 1.87. The van der Waals surface area contributed by atoms with Gasteiger partial charge >= 0.3 is 0 Å². The first kappa shape index (κ1) is 38.0. The summed E-state index contributed by atoms with van der Waals surface area (Å²) in [5, 5.41) is 5.78. The molecule has 0 aromatic carbocycles. The first-order valence-electron chi connectivity index (χ1n) is 13.9. The lowest BCUT2D eigenvalue weighted by molar-refractivity contribution is -0.128. The molecule has 0 saturated heterocycles. The molecular weight excluding hydrogens is 536 g/mol. The SMILES string of the molecule is [B]CCCSCC(C)NC(=O)CCOCCCC(=O)C(CSCCC[B])NC(=O)CCOCCCC(=O)CN. The Morgan fingerprint density at radius 3 is 1.85 bits per heavy atom. The van der Waals surface area contributed by atoms with E-state index in [1.807, 2.05) is 6.92 Å². The van der Waals surface area contributed by atoms with Crippen LogP contribution in [0, 0.1) is 0 Å². The highest BCUT2D eigenvalue weighted by Gasteiger charge is 2.20. The number of Topliss-reactive ketones (excluding diaryl/α,β-unsaturated/α-hetero) is 2. The summed E-state index contributed by atoms with van der Waals surface area (Å²) >= 11 is 3.36. The number of ketones is 2. The van der Waals surface area contributed by atoms with Crippen LogP contribution in [0.5, 0.6) is 0 Å². The van der Waals surface area contributed by atoms with Gasteiger partial charge in [0.05, 0.1) is 41.5 Å². The molecule has 4 N–H and O–H groups in total. The van der Waals surface area contributed by atoms with Gasteiger partial charge in [-0.3, -0.25) is 19.2 Å². The van der Waals surface area contributed by atoms with Gasteiger partial charge in [0.15, 0.2) is 5.78 Å². The average molecular weight is 583 g/mol. The molecule has 2 unspecified atom stereocenters. The molecule has 0 rings (SSSR count). The third kappa shape index (κ3) is 24.5. The Kier molecular flexibility index (Phi) is 26.5. The summed E-state index contributed by atoms with van der Waals surface area (Å²) in [5.41, 5.74) is 5.27. The molecule has 0 fully saturated rings. The Balaban J connectivity index is 4.21. The fraction of sp³-hybridized carbons (Fsp3) is 0.846. The molecule has 4 radical (unpaired) electrons. The summed E-state index contributed by atoms with van der Waals surface area (Å²) in [4.78, 5) is 48.4. The van der Waals surface area contributed by atoms with E-state index in [2.05, 4.69) is 10.6 Å². The molecule has 13 heteroatoms. The maximum Gasteiger partial charge on any atom is 0.222 e. The lowest BCUT2D eigenvalue weighted by atomic mass is 10.0. The van der Waals surface area contributed by atoms with Crippen molar-refractivity contribution in [2.45, 2.75) is 83.0 Å². The third-order valence-electron chi connectivity index (χ3n) is 5.40. The number of nitrogens with two attached hydrogens (primary N) is 1. The van der Waals surface area contributed by atoms with Crippen LogP contribution in [0.1, 0.15) is 58.3 Å². The van der Waals surface area contributed by atoms with Gasteiger partial charge in [0.2, 0.25) is 11.8 Å². The van der Waals surface area contributed by atoms with Gasteiger partial charge in [-0.05, 0) is 31.3 Å². The molecule has 2 atom stereocenters. The number of carbonyl (C=O) groups is 4. The Labute approximate surface area is 246 Å². The maximum absolute atomic E-state index is 12.8. The Bertz CT molecular complexity index is 680. The molecule has 0 aromatic heterocycles. The molecule has 0 aliphatic rings. The van der Waals surface area contributed by atoms with Crippen molar-refractivity contribution in [2.75, 3.05) is 56.0 Å². The highest BCUT2D eigenvalue weighted by Crippen LogP contribution is 2.10. The van der Waals surface area contributed by atoms with Crippen molar-refractivity contribution in [2.24, 2.45) is 5.73 Å². The summed E-state index contributed by atoms with van der Waals surface area (Å²) in [7, 11) is 11.0. The van der Waals surface area contributed by atoms with Crippen molar-refractivity contribution >= 4 is 62.6 Å². The van der Waals surface area contributed by atoms with Crippen LogP contribution >= 0.6 is 23.5 Å². The minimum Gasteiger partial charge on any atom is -0.381 e. The van der Waals surface area contributed by atoms with Gasteiger partial charge in [-0.15, -0.1) is 0 Å². The summed E-state index contributed by atoms with van der Waals surface area (Å²) in [6.07, 6.45) is 5.20. The first-order valence-corrected chi connectivity index (χ1v) is 16.2. The number of carbonyl (C=O) groups excluding carboxylic acids is 4. The second-order valence-corrected chi connectivity index (χ2v) is 11.5. The molecule has 0 saturated carbocycles. The van der Waals surface area contributed by atoms with E-state index in [1.54, 1.807) is 23.5 Å². The monoisotopic (exact) mass is 583 g/mol. The van der Waals surface area contributed by atoms with Crippen molar-refractivity contribution < 1.29 is 28.7 Å². The first-order chi connectivity index (χ1) is 18.8. The number of hydrogen-bond donors (Lipinski definition) is 3. The zero-order valence-corrected chi connectivity index (χ0v) is 25.2. The van der Waals surface area contributed by atoms with Gasteiger partial charge in [0.1, 0.15) is 5.78 Å². The van der Waals surface area contributed by atoms with E-state index in [1.165, 1.54) is 0 Å². The highest BCUT2D eigenvalue weighted by molar-refractivity contribution is 7.99. The van der Waals surface area contributed by atoms with E-state index in [4.69, 9.17) is 30.9 Å². The minimum absolute atomic E-state index is 0.0186. The number of nitrogens with one attached hydrogen (secondary N) is 2. The second kappa shape index (κ2) is 27.2. The van der Waals surface area contributed by atoms with E-state index in [9.17, 15) is 19.2 Å². The third-order valence-corrected chi connectivity index (χ3v) is 7.86. The van der Waals surface area contributed by atoms with Crippen LogP contribution in [0.25, 0.3) is 0 Å². The van der Waals surface area contributed by atoms with E-state index >= 15 is 0 Å². The Hall–Kier alpha value is -1.01. The lowest BCUT2D eigenvalue weighted by Crippen LogP contribution is -2.43. The van der Waals surface area contributed by atoms with E-state index in [0.29, 0.717) is 57.5 Å². The van der Waals surface area contributed by atoms with Crippen LogP contribution in [-0.4, -0.2) is 107 Å². The number of amides is 2. The fourth-order valence-electron chi connectivity index (χ4n) is 3.23. The van der Waals surface area contributed by atoms with E-state index in [-0.39, 0.29) is 61.8 Å². The standard InChI is InChI=1S/C26H47B2N3O6S2/c1-21(19-38-16-4-10-27)30-25(34)8-14-37-13-3-7-24(33)23(20-39-17-5-11-28)31-26(35)9-15-36-12-2-6-22(32)18-29/h21,23H,2-20,29H2,1H3,(H,30,34)(H,31,35). The van der Waals surface area contributed by atoms with Gasteiger partial charge < -0.3 is 25.8 Å². The van der Waals surface area contributed by atoms with Crippen LogP contribution in [0.2, 0.25) is 12.6 Å². The largest absolute Gasteiger partial charge is 0.381 e. The van der Waals surface area contributed by atoms with Crippen LogP contribution in [0.3, 0.4) is 0 Å². The Morgan fingerprint density at radius 1 is 0.744 bits per heavy atom. The van der Waals surface area contributed by atoms with Crippen LogP contribution in [-0.2, 0) is 28.7 Å². The number of hydrogen-bond acceptors (Lipinski definition) is 9. The quantitative estimate of drug-likeness (QED) is 0.0932. The molecule has 0 bridgehead atoms. The van der Waals surface area contributed by atoms with Crippen molar-refractivity contribution in [3.05, 3.63) is 0 Å².